The van der Waals surface area contributed by atoms with E-state index < -0.39 is 0 Å². The van der Waals surface area contributed by atoms with E-state index in [1.807, 2.05) is 34.1 Å². The molecule has 0 atom stereocenters. The molecule has 0 saturated carbocycles. The molecule has 1 fully saturated rings. The Kier molecular flexibility index (Phi) is 8.87. The predicted octanol–water partition coefficient (Wildman–Crippen LogP) is 3.30. The first-order valence-electron chi connectivity index (χ1n) is 11.2. The van der Waals surface area contributed by atoms with Gasteiger partial charge in [0.2, 0.25) is 5.91 Å². The van der Waals surface area contributed by atoms with Gasteiger partial charge in [-0.05, 0) is 25.0 Å². The topological polar surface area (TPSA) is 78.0 Å². The summed E-state index contributed by atoms with van der Waals surface area (Å²) in [4.78, 5) is 35.9. The van der Waals surface area contributed by atoms with Crippen LogP contribution >= 0.6 is 11.3 Å². The highest BCUT2D eigenvalue weighted by Crippen LogP contribution is 2.28. The highest BCUT2D eigenvalue weighted by molar-refractivity contribution is 7.14. The van der Waals surface area contributed by atoms with Crippen molar-refractivity contribution in [1.82, 2.24) is 19.7 Å². The second-order valence-corrected chi connectivity index (χ2v) is 8.67. The molecule has 2 heterocycles. The molecule has 174 valence electrons. The Morgan fingerprint density at radius 1 is 1.12 bits per heavy atom. The van der Waals surface area contributed by atoms with Crippen LogP contribution in [0.5, 0.6) is 5.75 Å². The van der Waals surface area contributed by atoms with E-state index in [2.05, 4.69) is 29.0 Å². The molecule has 8 nitrogen and oxygen atoms in total. The Morgan fingerprint density at radius 2 is 1.81 bits per heavy atom. The summed E-state index contributed by atoms with van der Waals surface area (Å²) >= 11 is 1.39. The standard InChI is InChI=1S/C23H33N5O3S/c1-4-10-27(11-5-2)21(29)16-26-12-14-28(15-13-26)22(30)19-17-32-23(25-19)24-18-8-6-7-9-20(18)31-3/h6-9,17H,4-5,10-16H2,1-3H3,(H,24,25). The summed E-state index contributed by atoms with van der Waals surface area (Å²) in [6.45, 7) is 8.80. The first-order chi connectivity index (χ1) is 15.5. The van der Waals surface area contributed by atoms with Crippen LogP contribution in [-0.4, -0.2) is 84.4 Å². The highest BCUT2D eigenvalue weighted by Gasteiger charge is 2.26. The molecule has 0 radical (unpaired) electrons. The van der Waals surface area contributed by atoms with Crippen LogP contribution in [0.25, 0.3) is 0 Å². The van der Waals surface area contributed by atoms with Gasteiger partial charge in [0.05, 0.1) is 19.3 Å². The van der Waals surface area contributed by atoms with Gasteiger partial charge in [-0.2, -0.15) is 0 Å². The molecular weight excluding hydrogens is 426 g/mol. The fraction of sp³-hybridized carbons (Fsp3) is 0.522. The number of anilines is 2. The zero-order valence-corrected chi connectivity index (χ0v) is 20.0. The average Bonchev–Trinajstić information content (AvgIpc) is 3.28. The van der Waals surface area contributed by atoms with Crippen LogP contribution in [0.3, 0.4) is 0 Å². The minimum atomic E-state index is -0.0705. The van der Waals surface area contributed by atoms with Crippen LogP contribution in [0.4, 0.5) is 10.8 Å². The van der Waals surface area contributed by atoms with E-state index in [1.165, 1.54) is 11.3 Å². The van der Waals surface area contributed by atoms with Crippen molar-refractivity contribution < 1.29 is 14.3 Å². The van der Waals surface area contributed by atoms with Crippen molar-refractivity contribution in [3.8, 4) is 5.75 Å². The van der Waals surface area contributed by atoms with E-state index in [1.54, 1.807) is 12.5 Å². The minimum Gasteiger partial charge on any atom is -0.495 e. The first kappa shape index (κ1) is 24.0. The van der Waals surface area contributed by atoms with Gasteiger partial charge in [0.15, 0.2) is 5.13 Å². The summed E-state index contributed by atoms with van der Waals surface area (Å²) in [5.74, 6) is 0.830. The molecule has 0 spiro atoms. The number of para-hydroxylation sites is 2. The van der Waals surface area contributed by atoms with E-state index >= 15 is 0 Å². The van der Waals surface area contributed by atoms with Gasteiger partial charge in [0, 0.05) is 44.6 Å². The molecule has 3 rings (SSSR count). The number of benzene rings is 1. The van der Waals surface area contributed by atoms with E-state index in [-0.39, 0.29) is 11.8 Å². The fourth-order valence-electron chi connectivity index (χ4n) is 3.76. The van der Waals surface area contributed by atoms with Gasteiger partial charge in [-0.1, -0.05) is 26.0 Å². The number of hydrogen-bond donors (Lipinski definition) is 1. The van der Waals surface area contributed by atoms with Gasteiger partial charge in [-0.25, -0.2) is 4.98 Å². The number of carbonyl (C=O) groups excluding carboxylic acids is 2. The van der Waals surface area contributed by atoms with Crippen LogP contribution in [-0.2, 0) is 4.79 Å². The summed E-state index contributed by atoms with van der Waals surface area (Å²) in [7, 11) is 1.62. The largest absolute Gasteiger partial charge is 0.495 e. The van der Waals surface area contributed by atoms with Gasteiger partial charge in [-0.15, -0.1) is 11.3 Å². The average molecular weight is 460 g/mol. The lowest BCUT2D eigenvalue weighted by atomic mass is 10.2. The normalized spacial score (nSPS) is 14.3. The van der Waals surface area contributed by atoms with Crippen molar-refractivity contribution >= 4 is 34.0 Å². The number of piperazine rings is 1. The number of nitrogens with zero attached hydrogens (tertiary/aromatic N) is 4. The monoisotopic (exact) mass is 459 g/mol. The molecule has 1 aliphatic rings. The zero-order valence-electron chi connectivity index (χ0n) is 19.2. The maximum Gasteiger partial charge on any atom is 0.273 e. The number of thiazole rings is 1. The molecule has 2 amide bonds. The number of ether oxygens (including phenoxy) is 1. The third-order valence-corrected chi connectivity index (χ3v) is 6.19. The number of hydrogen-bond acceptors (Lipinski definition) is 7. The van der Waals surface area contributed by atoms with Crippen LogP contribution in [0, 0.1) is 0 Å². The Balaban J connectivity index is 1.52. The predicted molar refractivity (Wildman–Crippen MR) is 128 cm³/mol. The highest BCUT2D eigenvalue weighted by atomic mass is 32.1. The SMILES string of the molecule is CCCN(CCC)C(=O)CN1CCN(C(=O)c2csc(Nc3ccccc3OC)n2)CC1. The van der Waals surface area contributed by atoms with Crippen molar-refractivity contribution in [3.63, 3.8) is 0 Å². The van der Waals surface area contributed by atoms with Gasteiger partial charge < -0.3 is 19.9 Å². The number of nitrogens with one attached hydrogen (secondary N) is 1. The zero-order chi connectivity index (χ0) is 22.9. The van der Waals surface area contributed by atoms with Crippen LogP contribution in [0.1, 0.15) is 37.2 Å². The second-order valence-electron chi connectivity index (χ2n) is 7.81. The molecule has 0 bridgehead atoms. The summed E-state index contributed by atoms with van der Waals surface area (Å²) in [6, 6.07) is 7.60. The van der Waals surface area contributed by atoms with Crippen molar-refractivity contribution in [2.75, 3.05) is 58.2 Å². The molecule has 0 aliphatic carbocycles. The first-order valence-corrected chi connectivity index (χ1v) is 12.1. The maximum atomic E-state index is 12.9. The molecule has 1 aliphatic heterocycles. The van der Waals surface area contributed by atoms with Crippen molar-refractivity contribution in [2.24, 2.45) is 0 Å². The lowest BCUT2D eigenvalue weighted by Gasteiger charge is -2.35. The Hall–Kier alpha value is -2.65. The van der Waals surface area contributed by atoms with Crippen molar-refractivity contribution in [1.29, 1.82) is 0 Å². The van der Waals surface area contributed by atoms with Crippen molar-refractivity contribution in [3.05, 3.63) is 35.3 Å². The number of amides is 2. The fourth-order valence-corrected chi connectivity index (χ4v) is 4.45. The maximum absolute atomic E-state index is 12.9. The molecule has 1 aromatic heterocycles. The van der Waals surface area contributed by atoms with Gasteiger partial charge in [0.1, 0.15) is 11.4 Å². The molecule has 1 saturated heterocycles. The van der Waals surface area contributed by atoms with E-state index in [0.717, 1.165) is 37.4 Å². The second kappa shape index (κ2) is 11.8. The molecule has 1 N–H and O–H groups in total. The molecule has 32 heavy (non-hydrogen) atoms. The van der Waals surface area contributed by atoms with Crippen molar-refractivity contribution in [2.45, 2.75) is 26.7 Å². The quantitative estimate of drug-likeness (QED) is 0.587. The number of aromatic nitrogens is 1. The molecular formula is C23H33N5O3S. The van der Waals surface area contributed by atoms with Crippen LogP contribution < -0.4 is 10.1 Å². The summed E-state index contributed by atoms with van der Waals surface area (Å²) < 4.78 is 5.35. The molecule has 9 heteroatoms. The summed E-state index contributed by atoms with van der Waals surface area (Å²) in [6.07, 6.45) is 1.94. The Bertz CT molecular complexity index is 889. The molecule has 0 unspecified atom stereocenters. The van der Waals surface area contributed by atoms with E-state index in [9.17, 15) is 9.59 Å². The molecule has 2 aromatic rings. The summed E-state index contributed by atoms with van der Waals surface area (Å²) in [5.41, 5.74) is 1.25. The number of carbonyl (C=O) groups is 2. The summed E-state index contributed by atoms with van der Waals surface area (Å²) in [5, 5.41) is 5.65. The Labute approximate surface area is 194 Å². The van der Waals surface area contributed by atoms with Crippen LogP contribution in [0.2, 0.25) is 0 Å². The third kappa shape index (κ3) is 6.20. The number of rotatable bonds is 10. The smallest absolute Gasteiger partial charge is 0.273 e. The van der Waals surface area contributed by atoms with Crippen LogP contribution in [0.15, 0.2) is 29.6 Å². The van der Waals surface area contributed by atoms with Gasteiger partial charge in [-0.3, -0.25) is 14.5 Å². The third-order valence-electron chi connectivity index (χ3n) is 5.43. The lowest BCUT2D eigenvalue weighted by Crippen LogP contribution is -2.51. The Morgan fingerprint density at radius 3 is 2.47 bits per heavy atom. The lowest BCUT2D eigenvalue weighted by molar-refractivity contribution is -0.132. The number of methoxy groups -OCH3 is 1. The van der Waals surface area contributed by atoms with Gasteiger partial charge in [0.25, 0.3) is 5.91 Å². The minimum absolute atomic E-state index is 0.0705. The van der Waals surface area contributed by atoms with E-state index in [0.29, 0.717) is 43.5 Å². The van der Waals surface area contributed by atoms with E-state index in [4.69, 9.17) is 4.74 Å². The molecule has 1 aromatic carbocycles. The van der Waals surface area contributed by atoms with Gasteiger partial charge >= 0.3 is 0 Å².